The highest BCUT2D eigenvalue weighted by Gasteiger charge is 2.32. The van der Waals surface area contributed by atoms with Crippen LogP contribution in [0.3, 0.4) is 0 Å². The van der Waals surface area contributed by atoms with Crippen molar-refractivity contribution in [2.75, 3.05) is 25.1 Å². The van der Waals surface area contributed by atoms with Crippen LogP contribution in [-0.2, 0) is 9.53 Å². The molecule has 0 aromatic carbocycles. The second kappa shape index (κ2) is 5.65. The van der Waals surface area contributed by atoms with Crippen LogP contribution in [-0.4, -0.2) is 36.1 Å². The summed E-state index contributed by atoms with van der Waals surface area (Å²) in [5, 5.41) is 0. The van der Waals surface area contributed by atoms with Gasteiger partial charge in [-0.1, -0.05) is 6.92 Å². The third-order valence-electron chi connectivity index (χ3n) is 3.30. The minimum Gasteiger partial charge on any atom is -0.469 e. The Labute approximate surface area is 115 Å². The molecule has 1 saturated heterocycles. The van der Waals surface area contributed by atoms with Crippen molar-refractivity contribution in [1.29, 1.82) is 0 Å². The number of aromatic nitrogens is 2. The zero-order valence-corrected chi connectivity index (χ0v) is 12.1. The molecule has 0 bridgehead atoms. The summed E-state index contributed by atoms with van der Waals surface area (Å²) in [6.45, 7) is 3.62. The molecule has 0 radical (unpaired) electrons. The third kappa shape index (κ3) is 2.80. The lowest BCUT2D eigenvalue weighted by molar-refractivity contribution is -0.147. The Morgan fingerprint density at radius 3 is 2.72 bits per heavy atom. The second-order valence-electron chi connectivity index (χ2n) is 4.54. The van der Waals surface area contributed by atoms with E-state index in [0.29, 0.717) is 5.95 Å². The number of methoxy groups -OCH3 is 1. The number of halogens is 1. The summed E-state index contributed by atoms with van der Waals surface area (Å²) in [5.41, 5.74) is 0. The van der Waals surface area contributed by atoms with Gasteiger partial charge in [0.2, 0.25) is 5.95 Å². The first-order valence-electron chi connectivity index (χ1n) is 5.92. The number of hydrogen-bond donors (Lipinski definition) is 0. The predicted molar refractivity (Wildman–Crippen MR) is 71.2 cm³/mol. The van der Waals surface area contributed by atoms with Crippen LogP contribution >= 0.6 is 15.9 Å². The van der Waals surface area contributed by atoms with Crippen molar-refractivity contribution in [1.82, 2.24) is 9.97 Å². The first kappa shape index (κ1) is 13.3. The lowest BCUT2D eigenvalue weighted by Gasteiger charge is -2.35. The highest BCUT2D eigenvalue weighted by Crippen LogP contribution is 2.26. The molecule has 1 aliphatic rings. The van der Waals surface area contributed by atoms with Crippen LogP contribution in [0.1, 0.15) is 13.3 Å². The van der Waals surface area contributed by atoms with Gasteiger partial charge in [-0.2, -0.15) is 0 Å². The molecule has 2 atom stereocenters. The summed E-state index contributed by atoms with van der Waals surface area (Å²) in [7, 11) is 1.44. The van der Waals surface area contributed by atoms with Gasteiger partial charge in [-0.25, -0.2) is 9.97 Å². The van der Waals surface area contributed by atoms with Crippen molar-refractivity contribution in [3.63, 3.8) is 0 Å². The number of nitrogens with zero attached hydrogens (tertiary/aromatic N) is 3. The standard InChI is InChI=1S/C12H16BrN3O2/c1-8-7-16(4-3-10(8)11(17)18-2)12-14-5-9(13)6-15-12/h5-6,8,10H,3-4,7H2,1-2H3/t8-,10-/m0/s1. The number of hydrogen-bond acceptors (Lipinski definition) is 5. The summed E-state index contributed by atoms with van der Waals surface area (Å²) in [4.78, 5) is 22.3. The van der Waals surface area contributed by atoms with Crippen molar-refractivity contribution in [3.05, 3.63) is 16.9 Å². The van der Waals surface area contributed by atoms with Gasteiger partial charge in [0.1, 0.15) is 0 Å². The molecule has 1 aromatic rings. The molecule has 0 amide bonds. The van der Waals surface area contributed by atoms with Gasteiger partial charge in [0.15, 0.2) is 0 Å². The molecule has 5 nitrogen and oxygen atoms in total. The number of carbonyl (C=O) groups is 1. The highest BCUT2D eigenvalue weighted by molar-refractivity contribution is 9.10. The maximum atomic E-state index is 11.6. The van der Waals surface area contributed by atoms with Crippen molar-refractivity contribution in [3.8, 4) is 0 Å². The normalized spacial score (nSPS) is 23.8. The van der Waals surface area contributed by atoms with Gasteiger partial charge in [-0.3, -0.25) is 4.79 Å². The highest BCUT2D eigenvalue weighted by atomic mass is 79.9. The Morgan fingerprint density at radius 1 is 1.50 bits per heavy atom. The fourth-order valence-corrected chi connectivity index (χ4v) is 2.50. The zero-order valence-electron chi connectivity index (χ0n) is 10.5. The second-order valence-corrected chi connectivity index (χ2v) is 5.46. The molecule has 6 heteroatoms. The van der Waals surface area contributed by atoms with E-state index in [1.807, 2.05) is 0 Å². The van der Waals surface area contributed by atoms with E-state index in [9.17, 15) is 4.79 Å². The Bertz CT molecular complexity index is 424. The largest absolute Gasteiger partial charge is 0.469 e. The topological polar surface area (TPSA) is 55.3 Å². The van der Waals surface area contributed by atoms with Crippen molar-refractivity contribution < 1.29 is 9.53 Å². The fourth-order valence-electron chi connectivity index (χ4n) is 2.30. The maximum Gasteiger partial charge on any atom is 0.309 e. The molecule has 98 valence electrons. The van der Waals surface area contributed by atoms with Crippen molar-refractivity contribution >= 4 is 27.8 Å². The number of ether oxygens (including phenoxy) is 1. The average Bonchev–Trinajstić information content (AvgIpc) is 2.38. The molecular weight excluding hydrogens is 298 g/mol. The lowest BCUT2D eigenvalue weighted by Crippen LogP contribution is -2.43. The molecule has 0 spiro atoms. The number of rotatable bonds is 2. The Kier molecular flexibility index (Phi) is 4.16. The van der Waals surface area contributed by atoms with Crippen LogP contribution in [0.4, 0.5) is 5.95 Å². The quantitative estimate of drug-likeness (QED) is 0.780. The lowest BCUT2D eigenvalue weighted by atomic mass is 9.87. The molecule has 0 aliphatic carbocycles. The zero-order chi connectivity index (χ0) is 13.1. The third-order valence-corrected chi connectivity index (χ3v) is 3.71. The molecule has 1 aliphatic heterocycles. The number of piperidine rings is 1. The van der Waals surface area contributed by atoms with Gasteiger partial charge >= 0.3 is 5.97 Å². The number of esters is 1. The van der Waals surface area contributed by atoms with E-state index in [0.717, 1.165) is 24.0 Å². The van der Waals surface area contributed by atoms with Crippen LogP contribution in [0, 0.1) is 11.8 Å². The summed E-state index contributed by atoms with van der Waals surface area (Å²) < 4.78 is 5.69. The summed E-state index contributed by atoms with van der Waals surface area (Å²) in [6.07, 6.45) is 4.26. The minimum absolute atomic E-state index is 0.0123. The first-order chi connectivity index (χ1) is 8.61. The van der Waals surface area contributed by atoms with Crippen molar-refractivity contribution in [2.24, 2.45) is 11.8 Å². The summed E-state index contributed by atoms with van der Waals surface area (Å²) in [5.74, 6) is 0.840. The molecule has 2 heterocycles. The Morgan fingerprint density at radius 2 is 2.17 bits per heavy atom. The van der Waals surface area contributed by atoms with Gasteiger partial charge < -0.3 is 9.64 Å². The summed E-state index contributed by atoms with van der Waals surface area (Å²) >= 11 is 3.31. The van der Waals surface area contributed by atoms with E-state index < -0.39 is 0 Å². The number of anilines is 1. The van der Waals surface area contributed by atoms with Crippen LogP contribution < -0.4 is 4.90 Å². The Balaban J connectivity index is 2.04. The van der Waals surface area contributed by atoms with Crippen LogP contribution in [0.15, 0.2) is 16.9 Å². The number of carbonyl (C=O) groups excluding carboxylic acids is 1. The monoisotopic (exact) mass is 313 g/mol. The predicted octanol–water partition coefficient (Wildman–Crippen LogP) is 1.87. The molecule has 1 fully saturated rings. The smallest absolute Gasteiger partial charge is 0.309 e. The molecular formula is C12H16BrN3O2. The Hall–Kier alpha value is -1.17. The molecule has 18 heavy (non-hydrogen) atoms. The van der Waals surface area contributed by atoms with E-state index in [-0.39, 0.29) is 17.8 Å². The summed E-state index contributed by atoms with van der Waals surface area (Å²) in [6, 6.07) is 0. The van der Waals surface area contributed by atoms with Gasteiger partial charge in [0.05, 0.1) is 17.5 Å². The van der Waals surface area contributed by atoms with Gasteiger partial charge in [-0.05, 0) is 28.3 Å². The first-order valence-corrected chi connectivity index (χ1v) is 6.71. The van der Waals surface area contributed by atoms with E-state index >= 15 is 0 Å². The average molecular weight is 314 g/mol. The van der Waals surface area contributed by atoms with E-state index in [1.165, 1.54) is 7.11 Å². The molecule has 2 rings (SSSR count). The molecule has 0 unspecified atom stereocenters. The van der Waals surface area contributed by atoms with E-state index in [1.54, 1.807) is 12.4 Å². The SMILES string of the molecule is COC(=O)[C@H]1CCN(c2ncc(Br)cn2)C[C@@H]1C. The maximum absolute atomic E-state index is 11.6. The van der Waals surface area contributed by atoms with Gasteiger partial charge in [-0.15, -0.1) is 0 Å². The van der Waals surface area contributed by atoms with E-state index in [2.05, 4.69) is 37.7 Å². The minimum atomic E-state index is -0.112. The van der Waals surface area contributed by atoms with Crippen LogP contribution in [0.2, 0.25) is 0 Å². The van der Waals surface area contributed by atoms with Crippen LogP contribution in [0.5, 0.6) is 0 Å². The van der Waals surface area contributed by atoms with Gasteiger partial charge in [0, 0.05) is 25.5 Å². The van der Waals surface area contributed by atoms with E-state index in [4.69, 9.17) is 4.74 Å². The fraction of sp³-hybridized carbons (Fsp3) is 0.583. The molecule has 0 N–H and O–H groups in total. The van der Waals surface area contributed by atoms with Gasteiger partial charge in [0.25, 0.3) is 0 Å². The van der Waals surface area contributed by atoms with Crippen LogP contribution in [0.25, 0.3) is 0 Å². The molecule has 1 aromatic heterocycles. The molecule has 0 saturated carbocycles. The van der Waals surface area contributed by atoms with Crippen molar-refractivity contribution in [2.45, 2.75) is 13.3 Å².